The fraction of sp³-hybridized carbons (Fsp3) is 0.444. The van der Waals surface area contributed by atoms with E-state index in [9.17, 15) is 5.26 Å². The number of hydrogen-bond donors (Lipinski definition) is 1. The molecule has 0 atom stereocenters. The van der Waals surface area contributed by atoms with Crippen LogP contribution in [0.3, 0.4) is 0 Å². The Morgan fingerprint density at radius 2 is 1.35 bits per heavy atom. The molecule has 2 aromatic carbocycles. The third-order valence-corrected chi connectivity index (χ3v) is 5.06. The van der Waals surface area contributed by atoms with E-state index in [1.807, 2.05) is 54.6 Å². The normalized spacial score (nSPS) is 11.2. The van der Waals surface area contributed by atoms with Gasteiger partial charge in [0.1, 0.15) is 11.5 Å². The monoisotopic (exact) mass is 421 g/mol. The Hall–Kier alpha value is -2.77. The molecule has 2 rings (SSSR count). The van der Waals surface area contributed by atoms with Crippen LogP contribution in [0, 0.1) is 11.3 Å². The summed E-state index contributed by atoms with van der Waals surface area (Å²) in [6, 6.07) is 17.8. The van der Waals surface area contributed by atoms with Gasteiger partial charge < -0.3 is 14.6 Å². The number of aliphatic hydroxyl groups is 1. The zero-order valence-electron chi connectivity index (χ0n) is 18.7. The van der Waals surface area contributed by atoms with Crippen LogP contribution in [0.5, 0.6) is 11.5 Å². The van der Waals surface area contributed by atoms with Crippen LogP contribution in [-0.2, 0) is 0 Å². The number of allylic oxidation sites excluding steroid dienone is 1. The molecule has 0 bridgehead atoms. The Balaban J connectivity index is 1.86. The highest BCUT2D eigenvalue weighted by Gasteiger charge is 2.03. The summed E-state index contributed by atoms with van der Waals surface area (Å²) in [4.78, 5) is 0. The minimum atomic E-state index is 0.261. The number of nitrogens with zero attached hydrogens (tertiary/aromatic N) is 1. The fourth-order valence-electron chi connectivity index (χ4n) is 3.21. The number of nitriles is 1. The molecule has 0 heterocycles. The molecule has 0 radical (unpaired) electrons. The number of rotatable bonds is 15. The van der Waals surface area contributed by atoms with E-state index in [0.29, 0.717) is 12.2 Å². The van der Waals surface area contributed by atoms with Crippen molar-refractivity contribution in [2.75, 3.05) is 19.8 Å². The lowest BCUT2D eigenvalue weighted by atomic mass is 10.0. The molecule has 31 heavy (non-hydrogen) atoms. The topological polar surface area (TPSA) is 62.5 Å². The molecular formula is C27H35NO3. The maximum absolute atomic E-state index is 9.60. The smallest absolute Gasteiger partial charge is 0.119 e. The van der Waals surface area contributed by atoms with Crippen LogP contribution in [0.15, 0.2) is 48.5 Å². The van der Waals surface area contributed by atoms with Gasteiger partial charge in [0, 0.05) is 6.61 Å². The zero-order valence-corrected chi connectivity index (χ0v) is 18.7. The highest BCUT2D eigenvalue weighted by Crippen LogP contribution is 2.22. The lowest BCUT2D eigenvalue weighted by molar-refractivity contribution is 0.273. The van der Waals surface area contributed by atoms with Crippen molar-refractivity contribution in [1.29, 1.82) is 5.26 Å². The molecule has 0 spiro atoms. The molecule has 0 saturated heterocycles. The standard InChI is InChI=1S/C27H35NO3/c1-2-3-4-8-19-31-27-16-12-24(13-17-27)25(22-28)21-23-10-14-26(15-11-23)30-20-9-6-5-7-18-29/h10-17,21,29H,2-9,18-20H2,1H3/b25-21+. The van der Waals surface area contributed by atoms with E-state index in [4.69, 9.17) is 14.6 Å². The van der Waals surface area contributed by atoms with Gasteiger partial charge in [-0.3, -0.25) is 0 Å². The molecular weight excluding hydrogens is 386 g/mol. The van der Waals surface area contributed by atoms with Gasteiger partial charge >= 0.3 is 0 Å². The summed E-state index contributed by atoms with van der Waals surface area (Å²) in [5.41, 5.74) is 2.46. The number of unbranched alkanes of at least 4 members (excludes halogenated alkanes) is 6. The van der Waals surface area contributed by atoms with Crippen molar-refractivity contribution < 1.29 is 14.6 Å². The van der Waals surface area contributed by atoms with Crippen LogP contribution in [0.25, 0.3) is 11.6 Å². The minimum absolute atomic E-state index is 0.261. The first-order valence-corrected chi connectivity index (χ1v) is 11.5. The van der Waals surface area contributed by atoms with Gasteiger partial charge in [-0.05, 0) is 79.3 Å². The van der Waals surface area contributed by atoms with E-state index >= 15 is 0 Å². The second kappa shape index (κ2) is 15.1. The van der Waals surface area contributed by atoms with Crippen LogP contribution < -0.4 is 9.47 Å². The van der Waals surface area contributed by atoms with Crippen LogP contribution >= 0.6 is 0 Å². The third kappa shape index (κ3) is 9.72. The fourth-order valence-corrected chi connectivity index (χ4v) is 3.21. The Morgan fingerprint density at radius 1 is 0.806 bits per heavy atom. The quantitative estimate of drug-likeness (QED) is 0.199. The van der Waals surface area contributed by atoms with Gasteiger partial charge in [0.25, 0.3) is 0 Å². The molecule has 0 fully saturated rings. The number of benzene rings is 2. The van der Waals surface area contributed by atoms with Crippen molar-refractivity contribution in [2.45, 2.75) is 58.3 Å². The second-order valence-corrected chi connectivity index (χ2v) is 7.66. The van der Waals surface area contributed by atoms with E-state index in [0.717, 1.165) is 61.3 Å². The zero-order chi connectivity index (χ0) is 22.2. The van der Waals surface area contributed by atoms with Gasteiger partial charge in [-0.1, -0.05) is 44.7 Å². The average Bonchev–Trinajstić information content (AvgIpc) is 2.81. The first-order chi connectivity index (χ1) is 15.3. The van der Waals surface area contributed by atoms with E-state index in [1.54, 1.807) is 0 Å². The average molecular weight is 422 g/mol. The van der Waals surface area contributed by atoms with Crippen LogP contribution in [0.1, 0.15) is 69.4 Å². The molecule has 2 aromatic rings. The molecule has 0 aliphatic heterocycles. The Bertz CT molecular complexity index is 804. The maximum atomic E-state index is 9.60. The van der Waals surface area contributed by atoms with Gasteiger partial charge in [0.15, 0.2) is 0 Å². The molecule has 4 heteroatoms. The third-order valence-electron chi connectivity index (χ3n) is 5.06. The van der Waals surface area contributed by atoms with Gasteiger partial charge in [-0.25, -0.2) is 0 Å². The predicted molar refractivity (Wildman–Crippen MR) is 127 cm³/mol. The molecule has 0 unspecified atom stereocenters. The predicted octanol–water partition coefficient (Wildman–Crippen LogP) is 6.64. The first-order valence-electron chi connectivity index (χ1n) is 11.5. The highest BCUT2D eigenvalue weighted by atomic mass is 16.5. The maximum Gasteiger partial charge on any atom is 0.119 e. The Kier molecular flexibility index (Phi) is 11.9. The van der Waals surface area contributed by atoms with Crippen molar-refractivity contribution in [3.05, 3.63) is 59.7 Å². The molecule has 0 aliphatic carbocycles. The van der Waals surface area contributed by atoms with Gasteiger partial charge in [0.2, 0.25) is 0 Å². The SMILES string of the molecule is CCCCCCOc1ccc(/C(C#N)=C/c2ccc(OCCCCCCO)cc2)cc1. The Labute approximate surface area is 187 Å². The molecule has 166 valence electrons. The molecule has 0 amide bonds. The summed E-state index contributed by atoms with van der Waals surface area (Å²) in [5, 5.41) is 18.4. The first kappa shape index (κ1) is 24.5. The van der Waals surface area contributed by atoms with Crippen LogP contribution in [-0.4, -0.2) is 24.9 Å². The van der Waals surface area contributed by atoms with E-state index < -0.39 is 0 Å². The summed E-state index contributed by atoms with van der Waals surface area (Å²) in [7, 11) is 0. The van der Waals surface area contributed by atoms with Gasteiger partial charge in [-0.15, -0.1) is 0 Å². The second-order valence-electron chi connectivity index (χ2n) is 7.66. The number of aliphatic hydroxyl groups excluding tert-OH is 1. The lowest BCUT2D eigenvalue weighted by Crippen LogP contribution is -1.97. The van der Waals surface area contributed by atoms with Crippen molar-refractivity contribution in [2.24, 2.45) is 0 Å². The van der Waals surface area contributed by atoms with E-state index in [-0.39, 0.29) is 6.61 Å². The lowest BCUT2D eigenvalue weighted by Gasteiger charge is -2.08. The minimum Gasteiger partial charge on any atom is -0.494 e. The molecule has 1 N–H and O–H groups in total. The largest absolute Gasteiger partial charge is 0.494 e. The summed E-state index contributed by atoms with van der Waals surface area (Å²) >= 11 is 0. The van der Waals surface area contributed by atoms with Gasteiger partial charge in [-0.2, -0.15) is 5.26 Å². The molecule has 0 aliphatic rings. The van der Waals surface area contributed by atoms with Crippen molar-refractivity contribution in [1.82, 2.24) is 0 Å². The van der Waals surface area contributed by atoms with Crippen LogP contribution in [0.4, 0.5) is 0 Å². The van der Waals surface area contributed by atoms with Crippen molar-refractivity contribution in [3.63, 3.8) is 0 Å². The van der Waals surface area contributed by atoms with Gasteiger partial charge in [0.05, 0.1) is 24.9 Å². The summed E-state index contributed by atoms with van der Waals surface area (Å²) in [6.45, 7) is 3.87. The highest BCUT2D eigenvalue weighted by molar-refractivity contribution is 5.89. The summed E-state index contributed by atoms with van der Waals surface area (Å²) in [6.07, 6.45) is 10.6. The molecule has 4 nitrogen and oxygen atoms in total. The Morgan fingerprint density at radius 3 is 1.90 bits per heavy atom. The number of hydrogen-bond acceptors (Lipinski definition) is 4. The summed E-state index contributed by atoms with van der Waals surface area (Å²) < 4.78 is 11.5. The molecule has 0 saturated carbocycles. The number of ether oxygens (including phenoxy) is 2. The van der Waals surface area contributed by atoms with E-state index in [1.165, 1.54) is 19.3 Å². The molecule has 0 aromatic heterocycles. The van der Waals surface area contributed by atoms with E-state index in [2.05, 4.69) is 13.0 Å². The summed E-state index contributed by atoms with van der Waals surface area (Å²) in [5.74, 6) is 1.67. The van der Waals surface area contributed by atoms with Crippen molar-refractivity contribution >= 4 is 11.6 Å². The van der Waals surface area contributed by atoms with Crippen molar-refractivity contribution in [3.8, 4) is 17.6 Å². The van der Waals surface area contributed by atoms with Crippen LogP contribution in [0.2, 0.25) is 0 Å².